The first-order valence-electron chi connectivity index (χ1n) is 10.8. The van der Waals surface area contributed by atoms with E-state index in [9.17, 15) is 4.79 Å². The summed E-state index contributed by atoms with van der Waals surface area (Å²) in [4.78, 5) is 12.5. The third kappa shape index (κ3) is 4.22. The van der Waals surface area contributed by atoms with Crippen molar-refractivity contribution < 1.29 is 0 Å². The zero-order valence-corrected chi connectivity index (χ0v) is 18.3. The molecule has 1 aliphatic rings. The van der Waals surface area contributed by atoms with Crippen LogP contribution in [-0.4, -0.2) is 33.9 Å². The van der Waals surface area contributed by atoms with Crippen molar-refractivity contribution in [1.82, 2.24) is 20.1 Å². The average Bonchev–Trinajstić information content (AvgIpc) is 3.17. The van der Waals surface area contributed by atoms with Gasteiger partial charge in [-0.05, 0) is 73.0 Å². The van der Waals surface area contributed by atoms with E-state index in [-0.39, 0.29) is 5.56 Å². The average molecular weight is 449 g/mol. The quantitative estimate of drug-likeness (QED) is 0.371. The number of hydrogen-bond acceptors (Lipinski definition) is 5. The molecule has 32 heavy (non-hydrogen) atoms. The van der Waals surface area contributed by atoms with E-state index in [0.717, 1.165) is 59.2 Å². The lowest BCUT2D eigenvalue weighted by Gasteiger charge is -2.25. The van der Waals surface area contributed by atoms with Crippen LogP contribution >= 0.6 is 11.6 Å². The minimum atomic E-state index is -0.0614. The zero-order valence-electron chi connectivity index (χ0n) is 17.6. The summed E-state index contributed by atoms with van der Waals surface area (Å²) in [5, 5.41) is 15.9. The van der Waals surface area contributed by atoms with Crippen molar-refractivity contribution in [3.63, 3.8) is 0 Å². The van der Waals surface area contributed by atoms with Crippen molar-refractivity contribution in [1.29, 1.82) is 0 Å². The SMILES string of the molecule is Nc1n[nH]c2cc(-c3ccc(=O)n(Cc4cccc(Cl)c4)c3)cc(NC3CCNCC3)c12. The second kappa shape index (κ2) is 8.68. The van der Waals surface area contributed by atoms with Crippen LogP contribution in [0.15, 0.2) is 59.5 Å². The van der Waals surface area contributed by atoms with Crippen molar-refractivity contribution >= 4 is 34.0 Å². The maximum absolute atomic E-state index is 12.5. The summed E-state index contributed by atoms with van der Waals surface area (Å²) < 4.78 is 1.70. The summed E-state index contributed by atoms with van der Waals surface area (Å²) in [7, 11) is 0. The van der Waals surface area contributed by atoms with E-state index in [4.69, 9.17) is 17.3 Å². The molecule has 0 unspecified atom stereocenters. The van der Waals surface area contributed by atoms with E-state index < -0.39 is 0 Å². The maximum Gasteiger partial charge on any atom is 0.250 e. The van der Waals surface area contributed by atoms with Crippen molar-refractivity contribution in [3.8, 4) is 11.1 Å². The van der Waals surface area contributed by atoms with Gasteiger partial charge in [0.2, 0.25) is 0 Å². The number of H-pyrrole nitrogens is 1. The monoisotopic (exact) mass is 448 g/mol. The van der Waals surface area contributed by atoms with E-state index >= 15 is 0 Å². The predicted molar refractivity (Wildman–Crippen MR) is 130 cm³/mol. The Morgan fingerprint density at radius 3 is 2.78 bits per heavy atom. The number of rotatable bonds is 5. The summed E-state index contributed by atoms with van der Waals surface area (Å²) in [5.74, 6) is 0.480. The van der Waals surface area contributed by atoms with Gasteiger partial charge in [-0.15, -0.1) is 0 Å². The van der Waals surface area contributed by atoms with Crippen molar-refractivity contribution in [3.05, 3.63) is 75.7 Å². The standard InChI is InChI=1S/C24H25ClN6O/c25-18-3-1-2-15(10-18)13-31-14-16(4-5-22(31)32)17-11-20(28-19-6-8-27-9-7-19)23-21(12-17)29-30-24(23)26/h1-5,10-12,14,19,27-28H,6-9,13H2,(H3,26,29,30). The van der Waals surface area contributed by atoms with Crippen LogP contribution in [-0.2, 0) is 6.54 Å². The largest absolute Gasteiger partial charge is 0.382 e. The molecule has 164 valence electrons. The zero-order chi connectivity index (χ0) is 22.1. The van der Waals surface area contributed by atoms with E-state index in [0.29, 0.717) is 23.4 Å². The number of nitrogen functional groups attached to an aromatic ring is 1. The van der Waals surface area contributed by atoms with Crippen LogP contribution in [0.2, 0.25) is 5.02 Å². The van der Waals surface area contributed by atoms with Crippen LogP contribution in [0.5, 0.6) is 0 Å². The second-order valence-electron chi connectivity index (χ2n) is 8.24. The Balaban J connectivity index is 1.53. The van der Waals surface area contributed by atoms with Gasteiger partial charge in [-0.2, -0.15) is 5.10 Å². The number of piperidine rings is 1. The molecule has 4 aromatic rings. The van der Waals surface area contributed by atoms with Gasteiger partial charge in [-0.25, -0.2) is 0 Å². The molecule has 2 aromatic heterocycles. The molecule has 0 spiro atoms. The van der Waals surface area contributed by atoms with Crippen LogP contribution in [0.3, 0.4) is 0 Å². The Labute approximate surface area is 190 Å². The highest BCUT2D eigenvalue weighted by Crippen LogP contribution is 2.34. The number of benzene rings is 2. The molecule has 1 aliphatic heterocycles. The molecular weight excluding hydrogens is 424 g/mol. The fourth-order valence-electron chi connectivity index (χ4n) is 4.31. The van der Waals surface area contributed by atoms with Gasteiger partial charge in [0.1, 0.15) is 0 Å². The Kier molecular flexibility index (Phi) is 5.59. The number of nitrogens with one attached hydrogen (secondary N) is 3. The fourth-order valence-corrected chi connectivity index (χ4v) is 4.52. The number of aromatic nitrogens is 3. The molecule has 5 rings (SSSR count). The highest BCUT2D eigenvalue weighted by molar-refractivity contribution is 6.30. The predicted octanol–water partition coefficient (Wildman–Crippen LogP) is 3.84. The molecular formula is C24H25ClN6O. The van der Waals surface area contributed by atoms with E-state index in [1.165, 1.54) is 0 Å². The van der Waals surface area contributed by atoms with Crippen molar-refractivity contribution in [2.45, 2.75) is 25.4 Å². The second-order valence-corrected chi connectivity index (χ2v) is 8.67. The van der Waals surface area contributed by atoms with E-state index in [1.54, 1.807) is 10.6 Å². The minimum absolute atomic E-state index is 0.0614. The molecule has 0 saturated carbocycles. The fraction of sp³-hybridized carbons (Fsp3) is 0.250. The molecule has 0 aliphatic carbocycles. The number of anilines is 2. The van der Waals surface area contributed by atoms with E-state index in [1.807, 2.05) is 42.6 Å². The molecule has 7 nitrogen and oxygen atoms in total. The number of hydrogen-bond donors (Lipinski definition) is 4. The van der Waals surface area contributed by atoms with Crippen LogP contribution in [0.25, 0.3) is 22.0 Å². The smallest absolute Gasteiger partial charge is 0.250 e. The number of nitrogens with zero attached hydrogens (tertiary/aromatic N) is 2. The third-order valence-electron chi connectivity index (χ3n) is 5.95. The van der Waals surface area contributed by atoms with Crippen LogP contribution in [0.4, 0.5) is 11.5 Å². The van der Waals surface area contributed by atoms with Gasteiger partial charge in [0.25, 0.3) is 5.56 Å². The first kappa shape index (κ1) is 20.6. The molecule has 0 radical (unpaired) electrons. The van der Waals surface area contributed by atoms with Gasteiger partial charge >= 0.3 is 0 Å². The normalized spacial score (nSPS) is 14.7. The van der Waals surface area contributed by atoms with Gasteiger partial charge in [-0.3, -0.25) is 9.89 Å². The lowest BCUT2D eigenvalue weighted by atomic mass is 10.0. The molecule has 0 amide bonds. The highest BCUT2D eigenvalue weighted by Gasteiger charge is 2.17. The molecule has 1 saturated heterocycles. The maximum atomic E-state index is 12.5. The van der Waals surface area contributed by atoms with Gasteiger partial charge in [0.05, 0.1) is 17.4 Å². The van der Waals surface area contributed by atoms with Crippen LogP contribution in [0.1, 0.15) is 18.4 Å². The first-order chi connectivity index (χ1) is 15.6. The van der Waals surface area contributed by atoms with Gasteiger partial charge in [-0.1, -0.05) is 23.7 Å². The third-order valence-corrected chi connectivity index (χ3v) is 6.18. The summed E-state index contributed by atoms with van der Waals surface area (Å²) in [5.41, 5.74) is 10.8. The lowest BCUT2D eigenvalue weighted by Crippen LogP contribution is -2.35. The molecule has 5 N–H and O–H groups in total. The summed E-state index contributed by atoms with van der Waals surface area (Å²) in [6.07, 6.45) is 3.99. The number of nitrogens with two attached hydrogens (primary N) is 1. The Bertz CT molecular complexity index is 1320. The van der Waals surface area contributed by atoms with Crippen LogP contribution in [0, 0.1) is 0 Å². The van der Waals surface area contributed by atoms with Crippen LogP contribution < -0.4 is 21.9 Å². The van der Waals surface area contributed by atoms with Gasteiger partial charge in [0, 0.05) is 29.0 Å². The molecule has 3 heterocycles. The summed E-state index contributed by atoms with van der Waals surface area (Å²) in [6.45, 7) is 2.44. The Hall–Kier alpha value is -3.29. The Morgan fingerprint density at radius 2 is 1.97 bits per heavy atom. The minimum Gasteiger partial charge on any atom is -0.382 e. The Morgan fingerprint density at radius 1 is 1.12 bits per heavy atom. The first-order valence-corrected chi connectivity index (χ1v) is 11.1. The van der Waals surface area contributed by atoms with Crippen molar-refractivity contribution in [2.24, 2.45) is 0 Å². The van der Waals surface area contributed by atoms with Crippen molar-refractivity contribution in [2.75, 3.05) is 24.1 Å². The van der Waals surface area contributed by atoms with Gasteiger partial charge in [0.15, 0.2) is 5.82 Å². The lowest BCUT2D eigenvalue weighted by molar-refractivity contribution is 0.479. The summed E-state index contributed by atoms with van der Waals surface area (Å²) in [6, 6.07) is 15.5. The number of halogens is 1. The number of fused-ring (bicyclic) bond motifs is 1. The molecule has 0 atom stereocenters. The highest BCUT2D eigenvalue weighted by atomic mass is 35.5. The van der Waals surface area contributed by atoms with Gasteiger partial charge < -0.3 is 20.9 Å². The molecule has 0 bridgehead atoms. The molecule has 8 heteroatoms. The number of aromatic amines is 1. The topological polar surface area (TPSA) is 101 Å². The van der Waals surface area contributed by atoms with E-state index in [2.05, 4.69) is 26.9 Å². The summed E-state index contributed by atoms with van der Waals surface area (Å²) >= 11 is 6.12. The molecule has 2 aromatic carbocycles. The molecule has 1 fully saturated rings. The number of pyridine rings is 1.